The Bertz CT molecular complexity index is 551. The molecule has 0 spiro atoms. The number of rotatable bonds is 3. The first kappa shape index (κ1) is 15.5. The molecule has 1 aliphatic heterocycles. The highest BCUT2D eigenvalue weighted by molar-refractivity contribution is 5.38. The van der Waals surface area contributed by atoms with Crippen LogP contribution >= 0.6 is 0 Å². The number of fused-ring (bicyclic) bond motifs is 1. The van der Waals surface area contributed by atoms with Gasteiger partial charge >= 0.3 is 6.18 Å². The van der Waals surface area contributed by atoms with Gasteiger partial charge in [0, 0.05) is 18.4 Å². The summed E-state index contributed by atoms with van der Waals surface area (Å²) in [6, 6.07) is -0.243. The van der Waals surface area contributed by atoms with Gasteiger partial charge in [0.25, 0.3) is 0 Å². The molecule has 0 amide bonds. The highest BCUT2D eigenvalue weighted by Gasteiger charge is 2.38. The quantitative estimate of drug-likeness (QED) is 0.926. The molecule has 1 saturated heterocycles. The van der Waals surface area contributed by atoms with E-state index in [1.165, 1.54) is 0 Å². The number of nitrogens with one attached hydrogen (secondary N) is 1. The largest absolute Gasteiger partial charge is 0.433 e. The van der Waals surface area contributed by atoms with E-state index in [0.717, 1.165) is 12.8 Å². The van der Waals surface area contributed by atoms with Crippen LogP contribution in [0.4, 0.5) is 19.1 Å². The Balaban J connectivity index is 1.91. The second kappa shape index (κ2) is 6.00. The fourth-order valence-electron chi connectivity index (χ4n) is 2.96. The molecule has 1 aliphatic carbocycles. The van der Waals surface area contributed by atoms with Gasteiger partial charge in [-0.25, -0.2) is 9.97 Å². The summed E-state index contributed by atoms with van der Waals surface area (Å²) < 4.78 is 50.3. The number of aromatic nitrogens is 2. The maximum atomic E-state index is 13.2. The molecule has 2 heterocycles. The van der Waals surface area contributed by atoms with E-state index in [9.17, 15) is 13.2 Å². The van der Waals surface area contributed by atoms with Gasteiger partial charge in [-0.05, 0) is 25.7 Å². The van der Waals surface area contributed by atoms with E-state index in [4.69, 9.17) is 9.47 Å². The van der Waals surface area contributed by atoms with Gasteiger partial charge in [0.15, 0.2) is 5.69 Å². The number of alkyl halides is 3. The third-order valence-corrected chi connectivity index (χ3v) is 4.10. The molecule has 1 fully saturated rings. The lowest BCUT2D eigenvalue weighted by atomic mass is 9.94. The van der Waals surface area contributed by atoms with Crippen LogP contribution in [0.3, 0.4) is 0 Å². The Hall–Kier alpha value is -1.41. The summed E-state index contributed by atoms with van der Waals surface area (Å²) in [6.45, 7) is 0.769. The number of hydrogen-bond donors (Lipinski definition) is 1. The first-order valence-electron chi connectivity index (χ1n) is 7.33. The minimum absolute atomic E-state index is 0.00512. The van der Waals surface area contributed by atoms with Crippen molar-refractivity contribution < 1.29 is 22.6 Å². The summed E-state index contributed by atoms with van der Waals surface area (Å²) in [5.74, 6) is 0.00512. The maximum Gasteiger partial charge on any atom is 0.433 e. The van der Waals surface area contributed by atoms with Gasteiger partial charge in [0.1, 0.15) is 6.10 Å². The standard InChI is InChI=1S/C14H18F3N3O2/c1-21-11-7-22-6-10(11)19-13-18-9-5-3-2-4-8(9)12(20-13)14(15,16)17/h10-11H,2-7H2,1H3,(H,18,19,20)/t10-,11-/m0/s1. The molecule has 122 valence electrons. The van der Waals surface area contributed by atoms with Crippen LogP contribution in [0.25, 0.3) is 0 Å². The fraction of sp³-hybridized carbons (Fsp3) is 0.714. The Morgan fingerprint density at radius 2 is 1.95 bits per heavy atom. The Kier molecular flexibility index (Phi) is 4.22. The van der Waals surface area contributed by atoms with Crippen LogP contribution in [0.5, 0.6) is 0 Å². The van der Waals surface area contributed by atoms with Crippen molar-refractivity contribution >= 4 is 5.95 Å². The monoisotopic (exact) mass is 317 g/mol. The second-order valence-corrected chi connectivity index (χ2v) is 5.59. The van der Waals surface area contributed by atoms with Crippen molar-refractivity contribution in [2.75, 3.05) is 25.6 Å². The van der Waals surface area contributed by atoms with E-state index in [0.29, 0.717) is 31.7 Å². The number of methoxy groups -OCH3 is 1. The molecule has 8 heteroatoms. The van der Waals surface area contributed by atoms with Gasteiger partial charge < -0.3 is 14.8 Å². The van der Waals surface area contributed by atoms with Crippen molar-refractivity contribution in [2.45, 2.75) is 44.0 Å². The molecule has 0 saturated carbocycles. The second-order valence-electron chi connectivity index (χ2n) is 5.59. The average molecular weight is 317 g/mol. The number of anilines is 1. The summed E-state index contributed by atoms with van der Waals surface area (Å²) in [6.07, 6.45) is -2.13. The van der Waals surface area contributed by atoms with Crippen molar-refractivity contribution in [2.24, 2.45) is 0 Å². The van der Waals surface area contributed by atoms with Crippen LogP contribution in [0.15, 0.2) is 0 Å². The lowest BCUT2D eigenvalue weighted by molar-refractivity contribution is -0.142. The predicted octanol–water partition coefficient (Wildman–Crippen LogP) is 2.20. The summed E-state index contributed by atoms with van der Waals surface area (Å²) in [7, 11) is 1.54. The van der Waals surface area contributed by atoms with E-state index in [1.807, 2.05) is 0 Å². The number of hydrogen-bond acceptors (Lipinski definition) is 5. The first-order chi connectivity index (χ1) is 10.5. The lowest BCUT2D eigenvalue weighted by Crippen LogP contribution is -2.34. The van der Waals surface area contributed by atoms with Crippen LogP contribution in [-0.2, 0) is 28.5 Å². The third kappa shape index (κ3) is 3.03. The Morgan fingerprint density at radius 3 is 2.68 bits per heavy atom. The molecular weight excluding hydrogens is 299 g/mol. The zero-order chi connectivity index (χ0) is 15.7. The van der Waals surface area contributed by atoms with Crippen LogP contribution in [0.2, 0.25) is 0 Å². The number of halogens is 3. The molecule has 0 unspecified atom stereocenters. The molecule has 2 aliphatic rings. The molecule has 0 radical (unpaired) electrons. The highest BCUT2D eigenvalue weighted by atomic mass is 19.4. The summed E-state index contributed by atoms with van der Waals surface area (Å²) in [5, 5.41) is 2.93. The topological polar surface area (TPSA) is 56.3 Å². The van der Waals surface area contributed by atoms with Crippen molar-refractivity contribution in [3.05, 3.63) is 17.0 Å². The van der Waals surface area contributed by atoms with Crippen molar-refractivity contribution in [1.29, 1.82) is 0 Å². The van der Waals surface area contributed by atoms with E-state index >= 15 is 0 Å². The lowest BCUT2D eigenvalue weighted by Gasteiger charge is -2.23. The Morgan fingerprint density at radius 1 is 1.18 bits per heavy atom. The van der Waals surface area contributed by atoms with Gasteiger partial charge in [-0.2, -0.15) is 13.2 Å². The zero-order valence-corrected chi connectivity index (χ0v) is 12.2. The zero-order valence-electron chi connectivity index (χ0n) is 12.2. The van der Waals surface area contributed by atoms with Gasteiger partial charge in [-0.3, -0.25) is 0 Å². The Labute approximate surface area is 126 Å². The van der Waals surface area contributed by atoms with Gasteiger partial charge in [0.2, 0.25) is 5.95 Å². The molecule has 2 atom stereocenters. The molecule has 5 nitrogen and oxygen atoms in total. The van der Waals surface area contributed by atoms with Crippen molar-refractivity contribution in [3.63, 3.8) is 0 Å². The van der Waals surface area contributed by atoms with Crippen molar-refractivity contribution in [1.82, 2.24) is 9.97 Å². The average Bonchev–Trinajstić information content (AvgIpc) is 2.92. The van der Waals surface area contributed by atoms with E-state index in [1.54, 1.807) is 7.11 Å². The number of aryl methyl sites for hydroxylation is 1. The number of ether oxygens (including phenoxy) is 2. The molecule has 1 aromatic rings. The van der Waals surface area contributed by atoms with Crippen molar-refractivity contribution in [3.8, 4) is 0 Å². The normalized spacial score (nSPS) is 25.1. The molecule has 22 heavy (non-hydrogen) atoms. The minimum Gasteiger partial charge on any atom is -0.377 e. The van der Waals surface area contributed by atoms with Crippen LogP contribution < -0.4 is 5.32 Å². The van der Waals surface area contributed by atoms with E-state index in [2.05, 4.69) is 15.3 Å². The summed E-state index contributed by atoms with van der Waals surface area (Å²) in [4.78, 5) is 8.02. The molecular formula is C14H18F3N3O2. The number of nitrogens with zero attached hydrogens (tertiary/aromatic N) is 2. The fourth-order valence-corrected chi connectivity index (χ4v) is 2.96. The van der Waals surface area contributed by atoms with Gasteiger partial charge in [-0.15, -0.1) is 0 Å². The van der Waals surface area contributed by atoms with Crippen LogP contribution in [0.1, 0.15) is 29.8 Å². The van der Waals surface area contributed by atoms with Gasteiger partial charge in [0.05, 0.1) is 19.3 Å². The van der Waals surface area contributed by atoms with Crippen LogP contribution in [-0.4, -0.2) is 42.4 Å². The molecule has 0 bridgehead atoms. The van der Waals surface area contributed by atoms with E-state index < -0.39 is 11.9 Å². The third-order valence-electron chi connectivity index (χ3n) is 4.10. The summed E-state index contributed by atoms with van der Waals surface area (Å²) >= 11 is 0. The molecule has 3 rings (SSSR count). The molecule has 1 aromatic heterocycles. The highest BCUT2D eigenvalue weighted by Crippen LogP contribution is 2.35. The summed E-state index contributed by atoms with van der Waals surface area (Å²) in [5.41, 5.74) is -0.0631. The van der Waals surface area contributed by atoms with Crippen LogP contribution in [0, 0.1) is 0 Å². The smallest absolute Gasteiger partial charge is 0.377 e. The van der Waals surface area contributed by atoms with Gasteiger partial charge in [-0.1, -0.05) is 0 Å². The SMILES string of the molecule is CO[C@H]1COC[C@@H]1Nc1nc2c(c(C(F)(F)F)n1)CCCC2. The minimum atomic E-state index is -4.46. The maximum absolute atomic E-state index is 13.2. The van der Waals surface area contributed by atoms with E-state index in [-0.39, 0.29) is 23.7 Å². The predicted molar refractivity (Wildman–Crippen MR) is 72.7 cm³/mol. The molecule has 1 N–H and O–H groups in total. The first-order valence-corrected chi connectivity index (χ1v) is 7.33. The molecule has 0 aromatic carbocycles.